The van der Waals surface area contributed by atoms with Crippen LogP contribution in [0, 0.1) is 5.82 Å². The van der Waals surface area contributed by atoms with Gasteiger partial charge in [0.15, 0.2) is 5.78 Å². The van der Waals surface area contributed by atoms with Gasteiger partial charge in [-0.3, -0.25) is 9.78 Å². The van der Waals surface area contributed by atoms with Gasteiger partial charge in [-0.2, -0.15) is 0 Å². The van der Waals surface area contributed by atoms with Gasteiger partial charge in [0.25, 0.3) is 0 Å². The Hall–Kier alpha value is -2.37. The van der Waals surface area contributed by atoms with Crippen molar-refractivity contribution in [3.63, 3.8) is 0 Å². The molecule has 0 saturated carbocycles. The van der Waals surface area contributed by atoms with Crippen LogP contribution in [0.15, 0.2) is 55.0 Å². The van der Waals surface area contributed by atoms with Gasteiger partial charge in [0.05, 0.1) is 5.02 Å². The lowest BCUT2D eigenvalue weighted by Gasteiger charge is -1.97. The van der Waals surface area contributed by atoms with Crippen molar-refractivity contribution in [2.45, 2.75) is 0 Å². The molecule has 0 fully saturated rings. The van der Waals surface area contributed by atoms with Gasteiger partial charge in [-0.15, -0.1) is 11.3 Å². The molecule has 0 saturated heterocycles. The molecule has 6 heteroatoms. The second-order valence-electron chi connectivity index (χ2n) is 4.64. The maximum Gasteiger partial charge on any atom is 0.185 e. The van der Waals surface area contributed by atoms with E-state index in [4.69, 9.17) is 11.6 Å². The molecule has 0 aliphatic carbocycles. The Kier molecular flexibility index (Phi) is 4.60. The summed E-state index contributed by atoms with van der Waals surface area (Å²) in [4.78, 5) is 21.2. The molecule has 1 aromatic carbocycles. The van der Waals surface area contributed by atoms with E-state index >= 15 is 0 Å². The molecule has 2 heterocycles. The van der Waals surface area contributed by atoms with Crippen LogP contribution in [0.5, 0.6) is 0 Å². The number of nitrogens with zero attached hydrogens (tertiary/aromatic N) is 2. The molecule has 0 atom stereocenters. The molecule has 0 radical (unpaired) electrons. The Labute approximate surface area is 141 Å². The van der Waals surface area contributed by atoms with Crippen LogP contribution in [0.25, 0.3) is 16.6 Å². The Bertz CT molecular complexity index is 877. The number of ketones is 1. The van der Waals surface area contributed by atoms with Crippen LogP contribution in [0.2, 0.25) is 5.02 Å². The average molecular weight is 345 g/mol. The minimum atomic E-state index is -0.609. The van der Waals surface area contributed by atoms with Crippen LogP contribution >= 0.6 is 22.9 Å². The molecular formula is C17H10ClFN2OS. The van der Waals surface area contributed by atoms with Crippen LogP contribution in [-0.2, 0) is 0 Å². The lowest BCUT2D eigenvalue weighted by Crippen LogP contribution is -1.94. The van der Waals surface area contributed by atoms with Crippen molar-refractivity contribution in [2.24, 2.45) is 0 Å². The van der Waals surface area contributed by atoms with Crippen molar-refractivity contribution in [1.82, 2.24) is 9.97 Å². The lowest BCUT2D eigenvalue weighted by molar-refractivity contribution is 0.104. The number of hydrogen-bond acceptors (Lipinski definition) is 4. The number of carbonyl (C=O) groups excluding carboxylic acids is 1. The zero-order valence-electron chi connectivity index (χ0n) is 11.7. The zero-order chi connectivity index (χ0) is 16.2. The molecule has 0 bridgehead atoms. The van der Waals surface area contributed by atoms with E-state index in [1.807, 2.05) is 12.1 Å². The number of rotatable bonds is 4. The van der Waals surface area contributed by atoms with Gasteiger partial charge < -0.3 is 0 Å². The van der Waals surface area contributed by atoms with E-state index in [-0.39, 0.29) is 16.4 Å². The molecule has 0 aliphatic heterocycles. The SMILES string of the molecule is O=C(/C=C/c1cnc(-c2cccnc2)s1)c1ccc(Cl)c(F)c1. The Morgan fingerprint density at radius 2 is 2.13 bits per heavy atom. The van der Waals surface area contributed by atoms with Gasteiger partial charge in [0, 0.05) is 34.6 Å². The Morgan fingerprint density at radius 3 is 2.87 bits per heavy atom. The third-order valence-corrected chi connectivity index (χ3v) is 4.35. The van der Waals surface area contributed by atoms with Crippen LogP contribution in [-0.4, -0.2) is 15.8 Å². The van der Waals surface area contributed by atoms with Crippen molar-refractivity contribution in [1.29, 1.82) is 0 Å². The van der Waals surface area contributed by atoms with Gasteiger partial charge >= 0.3 is 0 Å². The largest absolute Gasteiger partial charge is 0.289 e. The minimum absolute atomic E-state index is 0.00546. The summed E-state index contributed by atoms with van der Waals surface area (Å²) in [6.45, 7) is 0. The van der Waals surface area contributed by atoms with Gasteiger partial charge in [0.1, 0.15) is 10.8 Å². The summed E-state index contributed by atoms with van der Waals surface area (Å²) in [7, 11) is 0. The van der Waals surface area contributed by atoms with E-state index in [0.717, 1.165) is 21.5 Å². The molecule has 2 aromatic heterocycles. The molecule has 0 N–H and O–H groups in total. The van der Waals surface area contributed by atoms with E-state index in [2.05, 4.69) is 9.97 Å². The molecule has 0 amide bonds. The Balaban J connectivity index is 1.76. The molecule has 114 valence electrons. The molecule has 3 rings (SSSR count). The first-order chi connectivity index (χ1) is 11.1. The second-order valence-corrected chi connectivity index (χ2v) is 6.11. The third kappa shape index (κ3) is 3.70. The van der Waals surface area contributed by atoms with E-state index in [0.29, 0.717) is 0 Å². The van der Waals surface area contributed by atoms with Crippen molar-refractivity contribution in [3.05, 3.63) is 76.3 Å². The highest BCUT2D eigenvalue weighted by Crippen LogP contribution is 2.25. The first-order valence-electron chi connectivity index (χ1n) is 6.67. The summed E-state index contributed by atoms with van der Waals surface area (Å²) in [5.41, 5.74) is 1.17. The number of thiazole rings is 1. The number of aromatic nitrogens is 2. The molecular weight excluding hydrogens is 335 g/mol. The highest BCUT2D eigenvalue weighted by atomic mass is 35.5. The van der Waals surface area contributed by atoms with Crippen molar-refractivity contribution < 1.29 is 9.18 Å². The van der Waals surface area contributed by atoms with Crippen molar-refractivity contribution >= 4 is 34.8 Å². The molecule has 23 heavy (non-hydrogen) atoms. The zero-order valence-corrected chi connectivity index (χ0v) is 13.3. The molecule has 0 aliphatic rings. The number of hydrogen-bond donors (Lipinski definition) is 0. The summed E-state index contributed by atoms with van der Waals surface area (Å²) in [6.07, 6.45) is 8.16. The molecule has 3 aromatic rings. The van der Waals surface area contributed by atoms with Gasteiger partial charge in [-0.05, 0) is 42.5 Å². The maximum atomic E-state index is 13.4. The van der Waals surface area contributed by atoms with Gasteiger partial charge in [0.2, 0.25) is 0 Å². The van der Waals surface area contributed by atoms with E-state index < -0.39 is 5.82 Å². The fraction of sp³-hybridized carbons (Fsp3) is 0. The first-order valence-corrected chi connectivity index (χ1v) is 7.86. The monoisotopic (exact) mass is 344 g/mol. The van der Waals surface area contributed by atoms with E-state index in [1.165, 1.54) is 29.5 Å². The summed E-state index contributed by atoms with van der Waals surface area (Å²) in [5.74, 6) is -0.903. The van der Waals surface area contributed by atoms with Crippen molar-refractivity contribution in [2.75, 3.05) is 0 Å². The summed E-state index contributed by atoms with van der Waals surface area (Å²) < 4.78 is 13.4. The van der Waals surface area contributed by atoms with Gasteiger partial charge in [-0.25, -0.2) is 9.37 Å². The number of carbonyl (C=O) groups is 1. The number of pyridine rings is 1. The van der Waals surface area contributed by atoms with Crippen molar-refractivity contribution in [3.8, 4) is 10.6 Å². The molecule has 0 unspecified atom stereocenters. The number of allylic oxidation sites excluding steroid dienone is 1. The van der Waals surface area contributed by atoms with E-state index in [9.17, 15) is 9.18 Å². The van der Waals surface area contributed by atoms with Crippen LogP contribution in [0.3, 0.4) is 0 Å². The lowest BCUT2D eigenvalue weighted by atomic mass is 10.1. The minimum Gasteiger partial charge on any atom is -0.289 e. The standard InChI is InChI=1S/C17H10ClFN2OS/c18-14-5-3-11(8-15(14)19)16(22)6-4-13-10-21-17(23-13)12-2-1-7-20-9-12/h1-10H/b6-4+. The van der Waals surface area contributed by atoms with Crippen LogP contribution < -0.4 is 0 Å². The summed E-state index contributed by atoms with van der Waals surface area (Å²) in [6, 6.07) is 7.74. The highest BCUT2D eigenvalue weighted by Gasteiger charge is 2.07. The van der Waals surface area contributed by atoms with Crippen LogP contribution in [0.4, 0.5) is 4.39 Å². The van der Waals surface area contributed by atoms with E-state index in [1.54, 1.807) is 24.7 Å². The van der Waals surface area contributed by atoms with Crippen LogP contribution in [0.1, 0.15) is 15.2 Å². The number of halogens is 2. The molecule has 0 spiro atoms. The normalized spacial score (nSPS) is 11.0. The highest BCUT2D eigenvalue weighted by molar-refractivity contribution is 7.15. The quantitative estimate of drug-likeness (QED) is 0.499. The fourth-order valence-electron chi connectivity index (χ4n) is 1.89. The maximum absolute atomic E-state index is 13.4. The first kappa shape index (κ1) is 15.5. The Morgan fingerprint density at radius 1 is 1.26 bits per heavy atom. The topological polar surface area (TPSA) is 42.9 Å². The molecule has 3 nitrogen and oxygen atoms in total. The van der Waals surface area contributed by atoms with Gasteiger partial charge in [-0.1, -0.05) is 11.6 Å². The predicted octanol–water partition coefficient (Wildman–Crippen LogP) is 4.89. The second kappa shape index (κ2) is 6.81. The predicted molar refractivity (Wildman–Crippen MR) is 90.1 cm³/mol. The fourth-order valence-corrected chi connectivity index (χ4v) is 2.82. The smallest absolute Gasteiger partial charge is 0.185 e. The summed E-state index contributed by atoms with van der Waals surface area (Å²) >= 11 is 7.05. The third-order valence-electron chi connectivity index (χ3n) is 3.04. The average Bonchev–Trinajstić information content (AvgIpc) is 3.05. The number of benzene rings is 1. The summed E-state index contributed by atoms with van der Waals surface area (Å²) in [5, 5.41) is 0.817.